The average Bonchev–Trinajstić information content (AvgIpc) is 2.61. The second-order valence-electron chi connectivity index (χ2n) is 7.53. The van der Waals surface area contributed by atoms with Crippen LogP contribution in [0.3, 0.4) is 0 Å². The smallest absolute Gasteiger partial charge is 0.229 e. The summed E-state index contributed by atoms with van der Waals surface area (Å²) < 4.78 is 5.27. The number of hydrogen-bond acceptors (Lipinski definition) is 5. The zero-order chi connectivity index (χ0) is 19.4. The second-order valence-corrected chi connectivity index (χ2v) is 7.53. The van der Waals surface area contributed by atoms with Gasteiger partial charge in [0, 0.05) is 29.2 Å². The number of nitrogens with one attached hydrogen (secondary N) is 2. The van der Waals surface area contributed by atoms with Crippen molar-refractivity contribution in [3.63, 3.8) is 0 Å². The molecule has 3 aromatic rings. The maximum atomic E-state index is 5.27. The minimum atomic E-state index is 0.131. The first-order chi connectivity index (χ1) is 12.8. The molecule has 27 heavy (non-hydrogen) atoms. The molecule has 0 radical (unpaired) electrons. The van der Waals surface area contributed by atoms with Crippen molar-refractivity contribution < 1.29 is 4.74 Å². The lowest BCUT2D eigenvalue weighted by molar-refractivity contribution is 0.415. The Labute approximate surface area is 160 Å². The van der Waals surface area contributed by atoms with Crippen molar-refractivity contribution in [2.45, 2.75) is 33.1 Å². The molecule has 2 N–H and O–H groups in total. The molecule has 0 saturated carbocycles. The van der Waals surface area contributed by atoms with E-state index in [1.165, 1.54) is 5.56 Å². The Morgan fingerprint density at radius 1 is 0.852 bits per heavy atom. The number of ether oxygens (including phenoxy) is 1. The summed E-state index contributed by atoms with van der Waals surface area (Å²) in [5, 5.41) is 6.59. The van der Waals surface area contributed by atoms with Crippen LogP contribution in [0, 0.1) is 6.92 Å². The van der Waals surface area contributed by atoms with E-state index < -0.39 is 0 Å². The van der Waals surface area contributed by atoms with Gasteiger partial charge in [0.25, 0.3) is 0 Å². The van der Waals surface area contributed by atoms with Crippen LogP contribution in [-0.4, -0.2) is 17.1 Å². The molecule has 0 amide bonds. The molecule has 0 aliphatic rings. The summed E-state index contributed by atoms with van der Waals surface area (Å²) in [6.45, 7) is 8.56. The van der Waals surface area contributed by atoms with E-state index in [1.807, 2.05) is 37.3 Å². The first-order valence-corrected chi connectivity index (χ1v) is 8.98. The molecule has 0 fully saturated rings. The standard InChI is InChI=1S/C22H26N4O/c1-15-13-20(24-18-7-6-8-19(14-18)27-5)26-21(23-15)25-17-11-9-16(10-12-17)22(2,3)4/h6-14H,1-5H3,(H2,23,24,25,26). The lowest BCUT2D eigenvalue weighted by Gasteiger charge is -2.19. The van der Waals surface area contributed by atoms with Gasteiger partial charge in [-0.05, 0) is 42.2 Å². The highest BCUT2D eigenvalue weighted by Gasteiger charge is 2.13. The molecule has 1 aromatic heterocycles. The van der Waals surface area contributed by atoms with Crippen LogP contribution >= 0.6 is 0 Å². The highest BCUT2D eigenvalue weighted by Crippen LogP contribution is 2.25. The summed E-state index contributed by atoms with van der Waals surface area (Å²) in [7, 11) is 1.65. The van der Waals surface area contributed by atoms with Gasteiger partial charge in [-0.1, -0.05) is 39.0 Å². The fourth-order valence-corrected chi connectivity index (χ4v) is 2.72. The van der Waals surface area contributed by atoms with Crippen LogP contribution in [-0.2, 0) is 5.41 Å². The minimum absolute atomic E-state index is 0.131. The predicted octanol–water partition coefficient (Wildman–Crippen LogP) is 5.58. The van der Waals surface area contributed by atoms with Gasteiger partial charge in [0.05, 0.1) is 7.11 Å². The summed E-state index contributed by atoms with van der Waals surface area (Å²) in [4.78, 5) is 9.07. The number of nitrogens with zero attached hydrogens (tertiary/aromatic N) is 2. The molecule has 0 spiro atoms. The van der Waals surface area contributed by atoms with Gasteiger partial charge in [0.1, 0.15) is 11.6 Å². The molecule has 0 bridgehead atoms. The van der Waals surface area contributed by atoms with Gasteiger partial charge in [-0.3, -0.25) is 0 Å². The maximum Gasteiger partial charge on any atom is 0.229 e. The van der Waals surface area contributed by atoms with Gasteiger partial charge in [-0.2, -0.15) is 4.98 Å². The van der Waals surface area contributed by atoms with Crippen LogP contribution in [0.2, 0.25) is 0 Å². The lowest BCUT2D eigenvalue weighted by atomic mass is 9.87. The molecular formula is C22H26N4O. The molecule has 0 saturated heterocycles. The Bertz CT molecular complexity index is 914. The Morgan fingerprint density at radius 3 is 2.26 bits per heavy atom. The third-order valence-corrected chi connectivity index (χ3v) is 4.20. The van der Waals surface area contributed by atoms with Crippen molar-refractivity contribution in [3.8, 4) is 5.75 Å². The van der Waals surface area contributed by atoms with E-state index in [-0.39, 0.29) is 5.41 Å². The van der Waals surface area contributed by atoms with Crippen LogP contribution in [0.4, 0.5) is 23.1 Å². The first kappa shape index (κ1) is 18.7. The van der Waals surface area contributed by atoms with Crippen LogP contribution in [0.25, 0.3) is 0 Å². The lowest BCUT2D eigenvalue weighted by Crippen LogP contribution is -2.10. The molecule has 2 aromatic carbocycles. The van der Waals surface area contributed by atoms with Crippen molar-refractivity contribution in [2.75, 3.05) is 17.7 Å². The van der Waals surface area contributed by atoms with Crippen LogP contribution in [0.5, 0.6) is 5.75 Å². The Kier molecular flexibility index (Phi) is 5.31. The summed E-state index contributed by atoms with van der Waals surface area (Å²) in [6, 6.07) is 18.0. The van der Waals surface area contributed by atoms with E-state index in [4.69, 9.17) is 4.74 Å². The molecule has 5 nitrogen and oxygen atoms in total. The van der Waals surface area contributed by atoms with E-state index in [9.17, 15) is 0 Å². The van der Waals surface area contributed by atoms with Gasteiger partial charge in [-0.15, -0.1) is 0 Å². The van der Waals surface area contributed by atoms with Gasteiger partial charge in [0.15, 0.2) is 0 Å². The van der Waals surface area contributed by atoms with Gasteiger partial charge in [0.2, 0.25) is 5.95 Å². The second kappa shape index (κ2) is 7.66. The van der Waals surface area contributed by atoms with Crippen LogP contribution in [0.15, 0.2) is 54.6 Å². The molecule has 0 unspecified atom stereocenters. The Hall–Kier alpha value is -3.08. The zero-order valence-corrected chi connectivity index (χ0v) is 16.5. The third-order valence-electron chi connectivity index (χ3n) is 4.20. The third kappa shape index (κ3) is 4.97. The largest absolute Gasteiger partial charge is 0.497 e. The molecule has 3 rings (SSSR count). The Morgan fingerprint density at radius 2 is 1.59 bits per heavy atom. The number of aryl methyl sites for hydroxylation is 1. The fraction of sp³-hybridized carbons (Fsp3) is 0.273. The molecule has 0 aliphatic carbocycles. The highest BCUT2D eigenvalue weighted by atomic mass is 16.5. The topological polar surface area (TPSA) is 59.1 Å². The zero-order valence-electron chi connectivity index (χ0n) is 16.5. The molecule has 0 aliphatic heterocycles. The van der Waals surface area contributed by atoms with Gasteiger partial charge < -0.3 is 15.4 Å². The summed E-state index contributed by atoms with van der Waals surface area (Å²) in [5.74, 6) is 2.08. The average molecular weight is 362 g/mol. The molecular weight excluding hydrogens is 336 g/mol. The fourth-order valence-electron chi connectivity index (χ4n) is 2.72. The predicted molar refractivity (Wildman–Crippen MR) is 111 cm³/mol. The van der Waals surface area contributed by atoms with Crippen molar-refractivity contribution in [3.05, 3.63) is 65.9 Å². The normalized spacial score (nSPS) is 11.1. The SMILES string of the molecule is COc1cccc(Nc2cc(C)nc(Nc3ccc(C(C)(C)C)cc3)n2)c1. The van der Waals surface area contributed by atoms with Crippen molar-refractivity contribution >= 4 is 23.1 Å². The molecule has 1 heterocycles. The van der Waals surface area contributed by atoms with Crippen molar-refractivity contribution in [1.82, 2.24) is 9.97 Å². The van der Waals surface area contributed by atoms with E-state index in [0.29, 0.717) is 5.95 Å². The van der Waals surface area contributed by atoms with Crippen LogP contribution in [0.1, 0.15) is 32.0 Å². The minimum Gasteiger partial charge on any atom is -0.497 e. The monoisotopic (exact) mass is 362 g/mol. The van der Waals surface area contributed by atoms with E-state index >= 15 is 0 Å². The maximum absolute atomic E-state index is 5.27. The summed E-state index contributed by atoms with van der Waals surface area (Å²) >= 11 is 0. The number of aromatic nitrogens is 2. The number of anilines is 4. The van der Waals surface area contributed by atoms with E-state index in [2.05, 4.69) is 65.6 Å². The summed E-state index contributed by atoms with van der Waals surface area (Å²) in [5.41, 5.74) is 4.17. The number of rotatable bonds is 5. The molecule has 0 atom stereocenters. The quantitative estimate of drug-likeness (QED) is 0.620. The Balaban J connectivity index is 1.78. The summed E-state index contributed by atoms with van der Waals surface area (Å²) in [6.07, 6.45) is 0. The van der Waals surface area contributed by atoms with Gasteiger partial charge in [-0.25, -0.2) is 4.98 Å². The number of hydrogen-bond donors (Lipinski definition) is 2. The molecule has 140 valence electrons. The van der Waals surface area contributed by atoms with Crippen LogP contribution < -0.4 is 15.4 Å². The van der Waals surface area contributed by atoms with Gasteiger partial charge >= 0.3 is 0 Å². The van der Waals surface area contributed by atoms with E-state index in [0.717, 1.165) is 28.6 Å². The molecule has 5 heteroatoms. The highest BCUT2D eigenvalue weighted by molar-refractivity contribution is 5.61. The first-order valence-electron chi connectivity index (χ1n) is 8.98. The van der Waals surface area contributed by atoms with Crippen molar-refractivity contribution in [1.29, 1.82) is 0 Å². The number of benzene rings is 2. The van der Waals surface area contributed by atoms with E-state index in [1.54, 1.807) is 7.11 Å². The van der Waals surface area contributed by atoms with Crippen molar-refractivity contribution in [2.24, 2.45) is 0 Å². The number of methoxy groups -OCH3 is 1.